The van der Waals surface area contributed by atoms with Crippen LogP contribution in [0.4, 0.5) is 0 Å². The predicted octanol–water partition coefficient (Wildman–Crippen LogP) is 4.18. The summed E-state index contributed by atoms with van der Waals surface area (Å²) in [7, 11) is 0. The zero-order chi connectivity index (χ0) is 20.3. The number of rotatable bonds is 5. The van der Waals surface area contributed by atoms with Crippen LogP contribution in [-0.2, 0) is 5.75 Å². The molecule has 3 aromatic rings. The van der Waals surface area contributed by atoms with Gasteiger partial charge < -0.3 is 5.32 Å². The first-order chi connectivity index (χ1) is 13.2. The van der Waals surface area contributed by atoms with Gasteiger partial charge >= 0.3 is 0 Å². The number of hydrogen-bond donors (Lipinski definition) is 1. The molecule has 0 bridgehead atoms. The molecule has 146 valence electrons. The van der Waals surface area contributed by atoms with Crippen molar-refractivity contribution < 1.29 is 4.79 Å². The van der Waals surface area contributed by atoms with E-state index in [0.717, 1.165) is 0 Å². The standard InChI is InChI=1S/C18H18Cl2N6OS/c1-18(2,3)23-16(27)15-14(10-28-17-21-5-4-6-22-17)26(25-24-15)13-8-11(19)7-12(20)9-13/h4-9H,10H2,1-3H3,(H,23,27). The van der Waals surface area contributed by atoms with Crippen LogP contribution in [0.2, 0.25) is 10.0 Å². The molecule has 1 amide bonds. The fraction of sp³-hybridized carbons (Fsp3) is 0.278. The van der Waals surface area contributed by atoms with E-state index in [-0.39, 0.29) is 11.6 Å². The zero-order valence-electron chi connectivity index (χ0n) is 15.5. The van der Waals surface area contributed by atoms with Gasteiger partial charge in [0.05, 0.1) is 11.4 Å². The number of carbonyl (C=O) groups excluding carboxylic acids is 1. The first-order valence-electron chi connectivity index (χ1n) is 8.36. The van der Waals surface area contributed by atoms with Crippen LogP contribution in [0.1, 0.15) is 37.0 Å². The van der Waals surface area contributed by atoms with Crippen LogP contribution in [0.3, 0.4) is 0 Å². The second-order valence-electron chi connectivity index (χ2n) is 6.95. The third-order valence-corrected chi connectivity index (χ3v) is 4.76. The number of thioether (sulfide) groups is 1. The van der Waals surface area contributed by atoms with Crippen LogP contribution in [0.25, 0.3) is 5.69 Å². The average Bonchev–Trinajstić information content (AvgIpc) is 3.02. The number of hydrogen-bond acceptors (Lipinski definition) is 6. The van der Waals surface area contributed by atoms with Gasteiger partial charge in [-0.15, -0.1) is 5.10 Å². The Morgan fingerprint density at radius 2 is 1.79 bits per heavy atom. The summed E-state index contributed by atoms with van der Waals surface area (Å²) in [4.78, 5) is 21.2. The molecule has 1 aromatic carbocycles. The summed E-state index contributed by atoms with van der Waals surface area (Å²) in [6, 6.07) is 6.79. The number of aromatic nitrogens is 5. The number of halogens is 2. The summed E-state index contributed by atoms with van der Waals surface area (Å²) in [6.07, 6.45) is 3.32. The minimum Gasteiger partial charge on any atom is -0.346 e. The SMILES string of the molecule is CC(C)(C)NC(=O)c1nnn(-c2cc(Cl)cc(Cl)c2)c1CSc1ncccn1. The van der Waals surface area contributed by atoms with Crippen molar-refractivity contribution in [1.29, 1.82) is 0 Å². The summed E-state index contributed by atoms with van der Waals surface area (Å²) in [6.45, 7) is 5.70. The average molecular weight is 437 g/mol. The molecular formula is C18H18Cl2N6OS. The van der Waals surface area contributed by atoms with E-state index in [9.17, 15) is 4.79 Å². The molecule has 2 aromatic heterocycles. The largest absolute Gasteiger partial charge is 0.346 e. The molecule has 0 aliphatic rings. The van der Waals surface area contributed by atoms with Crippen molar-refractivity contribution >= 4 is 40.9 Å². The number of nitrogens with zero attached hydrogens (tertiary/aromatic N) is 5. The Bertz CT molecular complexity index is 967. The summed E-state index contributed by atoms with van der Waals surface area (Å²) >= 11 is 13.6. The van der Waals surface area contributed by atoms with E-state index >= 15 is 0 Å². The molecule has 0 aliphatic carbocycles. The van der Waals surface area contributed by atoms with Gasteiger partial charge in [0.1, 0.15) is 0 Å². The molecule has 0 fully saturated rings. The summed E-state index contributed by atoms with van der Waals surface area (Å²) in [5, 5.41) is 12.7. The van der Waals surface area contributed by atoms with Crippen molar-refractivity contribution in [2.45, 2.75) is 37.2 Å². The lowest BCUT2D eigenvalue weighted by Crippen LogP contribution is -2.41. The maximum atomic E-state index is 12.8. The summed E-state index contributed by atoms with van der Waals surface area (Å²) in [5.74, 6) is 0.0741. The molecule has 0 radical (unpaired) electrons. The Morgan fingerprint density at radius 3 is 2.39 bits per heavy atom. The van der Waals surface area contributed by atoms with Crippen LogP contribution in [0.5, 0.6) is 0 Å². The van der Waals surface area contributed by atoms with E-state index in [1.807, 2.05) is 20.8 Å². The van der Waals surface area contributed by atoms with Gasteiger partial charge in [-0.1, -0.05) is 40.2 Å². The number of benzene rings is 1. The highest BCUT2D eigenvalue weighted by Crippen LogP contribution is 2.26. The van der Waals surface area contributed by atoms with Crippen LogP contribution in [0.15, 0.2) is 41.8 Å². The lowest BCUT2D eigenvalue weighted by atomic mass is 10.1. The Hall–Kier alpha value is -2.16. The van der Waals surface area contributed by atoms with Crippen molar-refractivity contribution in [3.8, 4) is 5.69 Å². The number of carbonyl (C=O) groups is 1. The van der Waals surface area contributed by atoms with Gasteiger partial charge in [-0.2, -0.15) is 0 Å². The summed E-state index contributed by atoms with van der Waals surface area (Å²) in [5.41, 5.74) is 1.03. The van der Waals surface area contributed by atoms with E-state index in [1.54, 1.807) is 41.3 Å². The van der Waals surface area contributed by atoms with Crippen molar-refractivity contribution in [2.75, 3.05) is 0 Å². The first kappa shape index (κ1) is 20.6. The second kappa shape index (κ2) is 8.46. The maximum Gasteiger partial charge on any atom is 0.274 e. The van der Waals surface area contributed by atoms with Crippen molar-refractivity contribution in [2.24, 2.45) is 0 Å². The van der Waals surface area contributed by atoms with Crippen molar-refractivity contribution in [1.82, 2.24) is 30.3 Å². The molecule has 10 heteroatoms. The number of amides is 1. The van der Waals surface area contributed by atoms with E-state index < -0.39 is 5.54 Å². The highest BCUT2D eigenvalue weighted by Gasteiger charge is 2.24. The van der Waals surface area contributed by atoms with Crippen LogP contribution < -0.4 is 5.32 Å². The molecule has 0 saturated carbocycles. The molecule has 1 N–H and O–H groups in total. The monoisotopic (exact) mass is 436 g/mol. The molecular weight excluding hydrogens is 419 g/mol. The molecule has 7 nitrogen and oxygen atoms in total. The molecule has 0 atom stereocenters. The molecule has 28 heavy (non-hydrogen) atoms. The van der Waals surface area contributed by atoms with E-state index in [1.165, 1.54) is 11.8 Å². The topological polar surface area (TPSA) is 85.6 Å². The molecule has 3 rings (SSSR count). The highest BCUT2D eigenvalue weighted by atomic mass is 35.5. The molecule has 0 unspecified atom stereocenters. The highest BCUT2D eigenvalue weighted by molar-refractivity contribution is 7.98. The Labute approximate surface area is 176 Å². The van der Waals surface area contributed by atoms with Gasteiger partial charge in [0, 0.05) is 33.7 Å². The minimum atomic E-state index is -0.410. The van der Waals surface area contributed by atoms with Gasteiger partial charge in [-0.25, -0.2) is 14.6 Å². The van der Waals surface area contributed by atoms with Gasteiger partial charge in [0.15, 0.2) is 10.9 Å². The van der Waals surface area contributed by atoms with Crippen LogP contribution in [0, 0.1) is 0 Å². The minimum absolute atomic E-state index is 0.231. The molecule has 2 heterocycles. The molecule has 0 spiro atoms. The van der Waals surface area contributed by atoms with Crippen molar-refractivity contribution in [3.63, 3.8) is 0 Å². The Kier molecular flexibility index (Phi) is 6.22. The maximum absolute atomic E-state index is 12.8. The van der Waals surface area contributed by atoms with Gasteiger partial charge in [0.2, 0.25) is 0 Å². The third-order valence-electron chi connectivity index (χ3n) is 3.44. The van der Waals surface area contributed by atoms with E-state index in [4.69, 9.17) is 23.2 Å². The normalized spacial score (nSPS) is 11.5. The van der Waals surface area contributed by atoms with Crippen LogP contribution in [-0.4, -0.2) is 36.4 Å². The second-order valence-corrected chi connectivity index (χ2v) is 8.76. The van der Waals surface area contributed by atoms with E-state index in [2.05, 4.69) is 25.6 Å². The first-order valence-corrected chi connectivity index (χ1v) is 10.1. The Balaban J connectivity index is 2.00. The lowest BCUT2D eigenvalue weighted by Gasteiger charge is -2.20. The fourth-order valence-electron chi connectivity index (χ4n) is 2.37. The van der Waals surface area contributed by atoms with Crippen molar-refractivity contribution in [3.05, 3.63) is 58.1 Å². The molecule has 0 saturated heterocycles. The smallest absolute Gasteiger partial charge is 0.274 e. The quantitative estimate of drug-likeness (QED) is 0.476. The van der Waals surface area contributed by atoms with Gasteiger partial charge in [0.25, 0.3) is 5.91 Å². The third kappa shape index (κ3) is 5.21. The van der Waals surface area contributed by atoms with Crippen LogP contribution >= 0.6 is 35.0 Å². The predicted molar refractivity (Wildman–Crippen MR) is 110 cm³/mol. The van der Waals surface area contributed by atoms with Gasteiger partial charge in [-0.3, -0.25) is 4.79 Å². The molecule has 0 aliphatic heterocycles. The fourth-order valence-corrected chi connectivity index (χ4v) is 3.68. The Morgan fingerprint density at radius 1 is 1.14 bits per heavy atom. The number of nitrogens with one attached hydrogen (secondary N) is 1. The zero-order valence-corrected chi connectivity index (χ0v) is 17.8. The van der Waals surface area contributed by atoms with E-state index in [0.29, 0.717) is 32.3 Å². The lowest BCUT2D eigenvalue weighted by molar-refractivity contribution is 0.0913. The summed E-state index contributed by atoms with van der Waals surface area (Å²) < 4.78 is 1.56. The van der Waals surface area contributed by atoms with Gasteiger partial charge in [-0.05, 0) is 45.0 Å².